The van der Waals surface area contributed by atoms with Gasteiger partial charge in [-0.15, -0.1) is 5.10 Å². The summed E-state index contributed by atoms with van der Waals surface area (Å²) >= 11 is 5.78. The van der Waals surface area contributed by atoms with E-state index in [2.05, 4.69) is 10.3 Å². The first-order valence-corrected chi connectivity index (χ1v) is 4.97. The maximum absolute atomic E-state index is 10.1. The second-order valence-corrected chi connectivity index (χ2v) is 3.50. The van der Waals surface area contributed by atoms with E-state index in [9.17, 15) is 4.79 Å². The molecule has 0 saturated heterocycles. The number of aromatic nitrogens is 3. The summed E-state index contributed by atoms with van der Waals surface area (Å²) in [5, 5.41) is 8.48. The van der Waals surface area contributed by atoms with Crippen LogP contribution in [0.5, 0.6) is 0 Å². The lowest BCUT2D eigenvalue weighted by atomic mass is 10.3. The van der Waals surface area contributed by atoms with Gasteiger partial charge in [-0.2, -0.15) is 0 Å². The molecule has 1 heterocycles. The molecule has 0 fully saturated rings. The zero-order valence-electron chi connectivity index (χ0n) is 8.25. The summed E-state index contributed by atoms with van der Waals surface area (Å²) in [5.74, 6) is 0. The topological polar surface area (TPSA) is 47.8 Å². The Morgan fingerprint density at radius 1 is 1.25 bits per heavy atom. The smallest absolute Gasteiger partial charge is 0.142 e. The van der Waals surface area contributed by atoms with Crippen LogP contribution in [0.4, 0.5) is 0 Å². The third kappa shape index (κ3) is 2.35. The molecule has 0 bridgehead atoms. The molecular formula is C11H8ClN3O. The Morgan fingerprint density at radius 2 is 2.00 bits per heavy atom. The number of hydrogen-bond acceptors (Lipinski definition) is 3. The molecule has 0 N–H and O–H groups in total. The minimum Gasteiger partial charge on any atom is -0.299 e. The zero-order valence-corrected chi connectivity index (χ0v) is 9.00. The van der Waals surface area contributed by atoms with Crippen molar-refractivity contribution >= 4 is 24.0 Å². The molecule has 2 aromatic rings. The maximum Gasteiger partial charge on any atom is 0.142 e. The van der Waals surface area contributed by atoms with Crippen molar-refractivity contribution in [2.75, 3.05) is 0 Å². The molecule has 0 aliphatic rings. The molecule has 80 valence electrons. The fourth-order valence-corrected chi connectivity index (χ4v) is 1.34. The summed E-state index contributed by atoms with van der Waals surface area (Å²) in [7, 11) is 0. The Balaban J connectivity index is 2.27. The number of carbonyl (C=O) groups excluding carboxylic acids is 1. The molecule has 1 aromatic carbocycles. The average Bonchev–Trinajstić information content (AvgIpc) is 2.76. The van der Waals surface area contributed by atoms with Crippen LogP contribution in [0.2, 0.25) is 5.02 Å². The highest BCUT2D eigenvalue weighted by atomic mass is 35.5. The van der Waals surface area contributed by atoms with Crippen molar-refractivity contribution < 1.29 is 4.79 Å². The largest absolute Gasteiger partial charge is 0.299 e. The second-order valence-electron chi connectivity index (χ2n) is 3.06. The van der Waals surface area contributed by atoms with Crippen molar-refractivity contribution in [2.45, 2.75) is 0 Å². The van der Waals surface area contributed by atoms with E-state index in [4.69, 9.17) is 11.6 Å². The van der Waals surface area contributed by atoms with Gasteiger partial charge in [-0.3, -0.25) is 4.79 Å². The van der Waals surface area contributed by atoms with E-state index in [0.717, 1.165) is 5.69 Å². The minimum absolute atomic E-state index is 0.627. The minimum atomic E-state index is 0.627. The summed E-state index contributed by atoms with van der Waals surface area (Å²) in [4.78, 5) is 10.1. The molecule has 0 saturated carbocycles. The van der Waals surface area contributed by atoms with Crippen LogP contribution in [-0.4, -0.2) is 21.3 Å². The lowest BCUT2D eigenvalue weighted by Crippen LogP contribution is -1.93. The highest BCUT2D eigenvalue weighted by Gasteiger charge is 1.99. The Bertz CT molecular complexity index is 516. The van der Waals surface area contributed by atoms with Gasteiger partial charge in [0.2, 0.25) is 0 Å². The van der Waals surface area contributed by atoms with Crippen LogP contribution in [0.3, 0.4) is 0 Å². The molecule has 1 aromatic heterocycles. The van der Waals surface area contributed by atoms with Crippen LogP contribution in [0.25, 0.3) is 11.8 Å². The number of rotatable bonds is 3. The number of aldehydes is 1. The first-order valence-electron chi connectivity index (χ1n) is 4.60. The number of benzene rings is 1. The highest BCUT2D eigenvalue weighted by molar-refractivity contribution is 6.30. The number of halogens is 1. The molecule has 0 atom stereocenters. The van der Waals surface area contributed by atoms with Crippen molar-refractivity contribution in [3.63, 3.8) is 0 Å². The molecular weight excluding hydrogens is 226 g/mol. The predicted octanol–water partition coefficient (Wildman–Crippen LogP) is 2.13. The molecule has 0 spiro atoms. The monoisotopic (exact) mass is 233 g/mol. The van der Waals surface area contributed by atoms with Gasteiger partial charge in [0.05, 0.1) is 11.9 Å². The van der Waals surface area contributed by atoms with Crippen LogP contribution in [0.15, 0.2) is 36.5 Å². The third-order valence-electron chi connectivity index (χ3n) is 1.95. The van der Waals surface area contributed by atoms with Gasteiger partial charge in [-0.25, -0.2) is 4.68 Å². The first kappa shape index (κ1) is 10.6. The van der Waals surface area contributed by atoms with E-state index in [1.807, 2.05) is 12.1 Å². The summed E-state index contributed by atoms with van der Waals surface area (Å²) in [6.45, 7) is 0. The normalized spacial score (nSPS) is 10.8. The van der Waals surface area contributed by atoms with Crippen molar-refractivity contribution in [2.24, 2.45) is 0 Å². The quantitative estimate of drug-likeness (QED) is 0.603. The van der Waals surface area contributed by atoms with Crippen molar-refractivity contribution in [3.8, 4) is 5.69 Å². The van der Waals surface area contributed by atoms with Crippen LogP contribution in [0.1, 0.15) is 5.69 Å². The second kappa shape index (κ2) is 4.72. The van der Waals surface area contributed by atoms with Gasteiger partial charge in [0.15, 0.2) is 0 Å². The van der Waals surface area contributed by atoms with E-state index in [0.29, 0.717) is 17.0 Å². The van der Waals surface area contributed by atoms with Gasteiger partial charge >= 0.3 is 0 Å². The number of carbonyl (C=O) groups is 1. The van der Waals surface area contributed by atoms with Gasteiger partial charge in [-0.1, -0.05) is 16.8 Å². The Hall–Kier alpha value is -1.94. The fourth-order valence-electron chi connectivity index (χ4n) is 1.21. The van der Waals surface area contributed by atoms with Gasteiger partial charge < -0.3 is 0 Å². The number of hydrogen-bond donors (Lipinski definition) is 0. The van der Waals surface area contributed by atoms with Crippen molar-refractivity contribution in [3.05, 3.63) is 47.3 Å². The van der Waals surface area contributed by atoms with Crippen molar-refractivity contribution in [1.82, 2.24) is 15.0 Å². The summed E-state index contributed by atoms with van der Waals surface area (Å²) in [6.07, 6.45) is 5.38. The van der Waals surface area contributed by atoms with E-state index in [1.54, 1.807) is 29.1 Å². The molecule has 0 amide bonds. The molecule has 0 aliphatic heterocycles. The molecule has 16 heavy (non-hydrogen) atoms. The van der Waals surface area contributed by atoms with Crippen LogP contribution in [0, 0.1) is 0 Å². The summed E-state index contributed by atoms with van der Waals surface area (Å²) < 4.78 is 1.61. The first-order chi connectivity index (χ1) is 7.79. The lowest BCUT2D eigenvalue weighted by Gasteiger charge is -1.98. The molecule has 0 radical (unpaired) electrons. The summed E-state index contributed by atoms with van der Waals surface area (Å²) in [5.41, 5.74) is 1.49. The molecule has 4 nitrogen and oxygen atoms in total. The van der Waals surface area contributed by atoms with Gasteiger partial charge in [-0.05, 0) is 36.4 Å². The van der Waals surface area contributed by atoms with Crippen molar-refractivity contribution in [1.29, 1.82) is 0 Å². The highest BCUT2D eigenvalue weighted by Crippen LogP contribution is 2.12. The summed E-state index contributed by atoms with van der Waals surface area (Å²) in [6, 6.07) is 7.23. The SMILES string of the molecule is O=C/C=C/c1cn(-c2ccc(Cl)cc2)nn1. The van der Waals surface area contributed by atoms with Gasteiger partial charge in [0.25, 0.3) is 0 Å². The van der Waals surface area contributed by atoms with E-state index < -0.39 is 0 Å². The van der Waals surface area contributed by atoms with Crippen LogP contribution < -0.4 is 0 Å². The Labute approximate surface area is 97.2 Å². The molecule has 2 rings (SSSR count). The fraction of sp³-hybridized carbons (Fsp3) is 0. The molecule has 5 heteroatoms. The molecule has 0 unspecified atom stereocenters. The lowest BCUT2D eigenvalue weighted by molar-refractivity contribution is -0.104. The average molecular weight is 234 g/mol. The maximum atomic E-state index is 10.1. The molecule has 0 aliphatic carbocycles. The Morgan fingerprint density at radius 3 is 2.69 bits per heavy atom. The number of allylic oxidation sites excluding steroid dienone is 1. The predicted molar refractivity (Wildman–Crippen MR) is 61.5 cm³/mol. The van der Waals surface area contributed by atoms with Gasteiger partial charge in [0, 0.05) is 5.02 Å². The van der Waals surface area contributed by atoms with Crippen LogP contribution in [-0.2, 0) is 4.79 Å². The Kier molecular flexibility index (Phi) is 3.12. The number of nitrogens with zero attached hydrogens (tertiary/aromatic N) is 3. The van der Waals surface area contributed by atoms with E-state index in [-0.39, 0.29) is 0 Å². The van der Waals surface area contributed by atoms with Gasteiger partial charge in [0.1, 0.15) is 12.0 Å². The third-order valence-corrected chi connectivity index (χ3v) is 2.20. The van der Waals surface area contributed by atoms with Crippen LogP contribution >= 0.6 is 11.6 Å². The standard InChI is InChI=1S/C11H8ClN3O/c12-9-3-5-11(6-4-9)15-8-10(13-14-15)2-1-7-16/h1-8H/b2-1+. The van der Waals surface area contributed by atoms with E-state index in [1.165, 1.54) is 6.08 Å². The van der Waals surface area contributed by atoms with E-state index >= 15 is 0 Å². The zero-order chi connectivity index (χ0) is 11.4.